The van der Waals surface area contributed by atoms with Gasteiger partial charge in [-0.15, -0.1) is 0 Å². The van der Waals surface area contributed by atoms with Gasteiger partial charge in [-0.05, 0) is 17.7 Å². The van der Waals surface area contributed by atoms with Gasteiger partial charge in [-0.1, -0.05) is 30.3 Å². The second-order valence-corrected chi connectivity index (χ2v) is 3.86. The Balaban J connectivity index is 2.12. The first-order chi connectivity index (χ1) is 8.65. The van der Waals surface area contributed by atoms with E-state index in [1.165, 1.54) is 12.1 Å². The van der Waals surface area contributed by atoms with Crippen LogP contribution in [0, 0.1) is 11.2 Å². The summed E-state index contributed by atoms with van der Waals surface area (Å²) in [7, 11) is 0. The lowest BCUT2D eigenvalue weighted by atomic mass is 10.2. The summed E-state index contributed by atoms with van der Waals surface area (Å²) in [6.07, 6.45) is 0. The molecule has 0 aromatic heterocycles. The zero-order valence-electron chi connectivity index (χ0n) is 9.69. The first-order valence-electron chi connectivity index (χ1n) is 5.47. The average Bonchev–Trinajstić information content (AvgIpc) is 2.37. The highest BCUT2D eigenvalue weighted by Gasteiger charge is 2.04. The standard InChI is InChI=1S/C14H13FN2O/c15-12-6-11(14(16)17)7-13(8-12)18-9-10-4-2-1-3-5-10/h1-8H,9H2,(H3,16,17). The summed E-state index contributed by atoms with van der Waals surface area (Å²) in [5.41, 5.74) is 6.63. The fraction of sp³-hybridized carbons (Fsp3) is 0.0714. The molecular formula is C14H13FN2O. The van der Waals surface area contributed by atoms with Crippen LogP contribution in [0.5, 0.6) is 5.75 Å². The molecule has 2 aromatic carbocycles. The van der Waals surface area contributed by atoms with Gasteiger partial charge in [-0.2, -0.15) is 0 Å². The molecule has 0 aliphatic carbocycles. The Labute approximate surface area is 105 Å². The Bertz CT molecular complexity index is 555. The Hall–Kier alpha value is -2.36. The molecule has 0 atom stereocenters. The summed E-state index contributed by atoms with van der Waals surface area (Å²) in [4.78, 5) is 0. The molecule has 2 rings (SSSR count). The lowest BCUT2D eigenvalue weighted by Crippen LogP contribution is -2.11. The minimum atomic E-state index is -0.467. The van der Waals surface area contributed by atoms with Crippen LogP contribution in [0.2, 0.25) is 0 Å². The van der Waals surface area contributed by atoms with E-state index >= 15 is 0 Å². The maximum Gasteiger partial charge on any atom is 0.127 e. The number of amidine groups is 1. The number of nitrogens with one attached hydrogen (secondary N) is 1. The fourth-order valence-corrected chi connectivity index (χ4v) is 1.54. The smallest absolute Gasteiger partial charge is 0.127 e. The normalized spacial score (nSPS) is 10.1. The Kier molecular flexibility index (Phi) is 3.57. The van der Waals surface area contributed by atoms with Gasteiger partial charge in [0.25, 0.3) is 0 Å². The third-order valence-corrected chi connectivity index (χ3v) is 2.43. The molecule has 0 aliphatic rings. The van der Waals surface area contributed by atoms with E-state index in [1.807, 2.05) is 30.3 Å². The number of ether oxygens (including phenoxy) is 1. The van der Waals surface area contributed by atoms with Gasteiger partial charge in [0.2, 0.25) is 0 Å². The van der Waals surface area contributed by atoms with E-state index in [-0.39, 0.29) is 5.84 Å². The molecule has 18 heavy (non-hydrogen) atoms. The Morgan fingerprint density at radius 3 is 2.56 bits per heavy atom. The molecule has 3 N–H and O–H groups in total. The van der Waals surface area contributed by atoms with Gasteiger partial charge in [-0.25, -0.2) is 4.39 Å². The van der Waals surface area contributed by atoms with Crippen LogP contribution in [-0.2, 0) is 6.61 Å². The molecule has 0 saturated heterocycles. The van der Waals surface area contributed by atoms with Crippen molar-refractivity contribution in [3.05, 3.63) is 65.5 Å². The molecule has 0 aliphatic heterocycles. The summed E-state index contributed by atoms with van der Waals surface area (Å²) in [5, 5.41) is 7.28. The zero-order valence-corrected chi connectivity index (χ0v) is 9.69. The Morgan fingerprint density at radius 1 is 1.17 bits per heavy atom. The molecule has 0 bridgehead atoms. The molecule has 2 aromatic rings. The molecule has 4 heteroatoms. The van der Waals surface area contributed by atoms with Crippen molar-refractivity contribution in [2.75, 3.05) is 0 Å². The molecule has 0 spiro atoms. The Morgan fingerprint density at radius 2 is 1.89 bits per heavy atom. The molecule has 0 amide bonds. The van der Waals surface area contributed by atoms with E-state index in [0.29, 0.717) is 17.9 Å². The third-order valence-electron chi connectivity index (χ3n) is 2.43. The van der Waals surface area contributed by atoms with Crippen molar-refractivity contribution in [3.63, 3.8) is 0 Å². The quantitative estimate of drug-likeness (QED) is 0.641. The first kappa shape index (κ1) is 12.1. The zero-order chi connectivity index (χ0) is 13.0. The van der Waals surface area contributed by atoms with E-state index in [9.17, 15) is 4.39 Å². The minimum absolute atomic E-state index is 0.181. The van der Waals surface area contributed by atoms with Crippen molar-refractivity contribution in [3.8, 4) is 5.75 Å². The molecule has 0 radical (unpaired) electrons. The topological polar surface area (TPSA) is 59.1 Å². The molecule has 0 unspecified atom stereocenters. The summed E-state index contributed by atoms with van der Waals surface area (Å²) in [6.45, 7) is 0.349. The van der Waals surface area contributed by atoms with E-state index < -0.39 is 5.82 Å². The maximum atomic E-state index is 13.3. The van der Waals surface area contributed by atoms with E-state index in [4.69, 9.17) is 15.9 Å². The van der Waals surface area contributed by atoms with Crippen molar-refractivity contribution in [2.45, 2.75) is 6.61 Å². The monoisotopic (exact) mass is 244 g/mol. The van der Waals surface area contributed by atoms with Crippen LogP contribution in [0.1, 0.15) is 11.1 Å². The largest absolute Gasteiger partial charge is 0.489 e. The van der Waals surface area contributed by atoms with Crippen molar-refractivity contribution < 1.29 is 9.13 Å². The molecule has 3 nitrogen and oxygen atoms in total. The summed E-state index contributed by atoms with van der Waals surface area (Å²) in [6, 6.07) is 13.6. The molecule has 0 heterocycles. The minimum Gasteiger partial charge on any atom is -0.489 e. The number of hydrogen-bond donors (Lipinski definition) is 2. The summed E-state index contributed by atoms with van der Waals surface area (Å²) >= 11 is 0. The number of benzene rings is 2. The molecular weight excluding hydrogens is 231 g/mol. The SMILES string of the molecule is N=C(N)c1cc(F)cc(OCc2ccccc2)c1. The fourth-order valence-electron chi connectivity index (χ4n) is 1.54. The number of nitrogens with two attached hydrogens (primary N) is 1. The lowest BCUT2D eigenvalue weighted by Gasteiger charge is -2.08. The lowest BCUT2D eigenvalue weighted by molar-refractivity contribution is 0.304. The van der Waals surface area contributed by atoms with Gasteiger partial charge in [0.15, 0.2) is 0 Å². The third kappa shape index (κ3) is 3.07. The van der Waals surface area contributed by atoms with Crippen LogP contribution >= 0.6 is 0 Å². The van der Waals surface area contributed by atoms with E-state index in [2.05, 4.69) is 0 Å². The van der Waals surface area contributed by atoms with Gasteiger partial charge < -0.3 is 10.5 Å². The van der Waals surface area contributed by atoms with Gasteiger partial charge in [0, 0.05) is 11.6 Å². The molecule has 0 fully saturated rings. The van der Waals surface area contributed by atoms with E-state index in [1.54, 1.807) is 6.07 Å². The van der Waals surface area contributed by atoms with Crippen molar-refractivity contribution in [2.24, 2.45) is 5.73 Å². The number of hydrogen-bond acceptors (Lipinski definition) is 2. The first-order valence-corrected chi connectivity index (χ1v) is 5.47. The van der Waals surface area contributed by atoms with Gasteiger partial charge >= 0.3 is 0 Å². The van der Waals surface area contributed by atoms with E-state index in [0.717, 1.165) is 5.56 Å². The summed E-state index contributed by atoms with van der Waals surface area (Å²) in [5.74, 6) is -0.283. The van der Waals surface area contributed by atoms with Crippen LogP contribution < -0.4 is 10.5 Å². The van der Waals surface area contributed by atoms with Crippen molar-refractivity contribution >= 4 is 5.84 Å². The average molecular weight is 244 g/mol. The second kappa shape index (κ2) is 5.31. The van der Waals surface area contributed by atoms with Crippen LogP contribution in [-0.4, -0.2) is 5.84 Å². The van der Waals surface area contributed by atoms with Gasteiger partial charge in [0.05, 0.1) is 0 Å². The number of rotatable bonds is 4. The summed E-state index contributed by atoms with van der Waals surface area (Å²) < 4.78 is 18.8. The van der Waals surface area contributed by atoms with Crippen LogP contribution in [0.15, 0.2) is 48.5 Å². The highest BCUT2D eigenvalue weighted by atomic mass is 19.1. The number of halogens is 1. The molecule has 0 saturated carbocycles. The van der Waals surface area contributed by atoms with Crippen LogP contribution in [0.25, 0.3) is 0 Å². The number of nitrogen functional groups attached to an aromatic ring is 1. The van der Waals surface area contributed by atoms with Crippen LogP contribution in [0.3, 0.4) is 0 Å². The maximum absolute atomic E-state index is 13.3. The second-order valence-electron chi connectivity index (χ2n) is 3.86. The van der Waals surface area contributed by atoms with Crippen LogP contribution in [0.4, 0.5) is 4.39 Å². The predicted molar refractivity (Wildman–Crippen MR) is 68.2 cm³/mol. The highest BCUT2D eigenvalue weighted by molar-refractivity contribution is 5.95. The predicted octanol–water partition coefficient (Wildman–Crippen LogP) is 2.69. The van der Waals surface area contributed by atoms with Crippen molar-refractivity contribution in [1.29, 1.82) is 5.41 Å². The van der Waals surface area contributed by atoms with Crippen molar-refractivity contribution in [1.82, 2.24) is 0 Å². The molecule has 92 valence electrons. The van der Waals surface area contributed by atoms with Gasteiger partial charge in [0.1, 0.15) is 24.0 Å². The highest BCUT2D eigenvalue weighted by Crippen LogP contribution is 2.17. The van der Waals surface area contributed by atoms with Gasteiger partial charge in [-0.3, -0.25) is 5.41 Å².